The summed E-state index contributed by atoms with van der Waals surface area (Å²) in [4.78, 5) is 44.7. The van der Waals surface area contributed by atoms with Crippen molar-refractivity contribution in [3.63, 3.8) is 0 Å². The summed E-state index contributed by atoms with van der Waals surface area (Å²) in [6, 6.07) is 5.13. The highest BCUT2D eigenvalue weighted by molar-refractivity contribution is 5.87. The molecule has 0 saturated heterocycles. The van der Waals surface area contributed by atoms with Crippen LogP contribution in [0.5, 0.6) is 0 Å². The van der Waals surface area contributed by atoms with E-state index in [1.165, 1.54) is 24.4 Å². The number of nitrogens with zero attached hydrogens (tertiary/aromatic N) is 1. The average Bonchev–Trinajstić information content (AvgIpc) is 2.43. The Morgan fingerprint density at radius 3 is 2.32 bits per heavy atom. The summed E-state index contributed by atoms with van der Waals surface area (Å²) >= 11 is 0. The predicted molar refractivity (Wildman–Crippen MR) is 73.3 cm³/mol. The molecule has 0 bridgehead atoms. The first-order valence-electron chi connectivity index (χ1n) is 6.14. The van der Waals surface area contributed by atoms with Gasteiger partial charge in [-0.1, -0.05) is 0 Å². The molecule has 2 heterocycles. The zero-order chi connectivity index (χ0) is 16.4. The minimum Gasteiger partial charge on any atom is -0.481 e. The Balaban J connectivity index is 2.58. The number of hydrogen-bond acceptors (Lipinski definition) is 4. The number of carbonyl (C=O) groups is 3. The summed E-state index contributed by atoms with van der Waals surface area (Å²) in [5.41, 5.74) is -0.659. The highest BCUT2D eigenvalue weighted by Crippen LogP contribution is 2.21. The molecule has 0 aliphatic rings. The van der Waals surface area contributed by atoms with Gasteiger partial charge in [-0.25, -0.2) is 4.79 Å². The highest BCUT2D eigenvalue weighted by atomic mass is 16.4. The Morgan fingerprint density at radius 2 is 1.77 bits per heavy atom. The second-order valence-corrected chi connectivity index (χ2v) is 4.60. The number of carboxylic acid groups (broad SMARTS) is 3. The van der Waals surface area contributed by atoms with E-state index in [9.17, 15) is 19.2 Å². The molecular formula is C14H11NO7. The number of fused-ring (bicyclic) bond motifs is 1. The van der Waals surface area contributed by atoms with E-state index in [4.69, 9.17) is 15.3 Å². The van der Waals surface area contributed by atoms with Crippen molar-refractivity contribution in [2.45, 2.75) is 12.3 Å². The van der Waals surface area contributed by atoms with E-state index in [0.29, 0.717) is 0 Å². The lowest BCUT2D eigenvalue weighted by Crippen LogP contribution is -2.22. The fourth-order valence-electron chi connectivity index (χ4n) is 2.12. The molecule has 2 aromatic rings. The minimum absolute atomic E-state index is 0.220. The van der Waals surface area contributed by atoms with Gasteiger partial charge in [0.2, 0.25) is 0 Å². The van der Waals surface area contributed by atoms with Crippen LogP contribution in [0.1, 0.15) is 28.3 Å². The van der Waals surface area contributed by atoms with Crippen LogP contribution < -0.4 is 5.56 Å². The predicted octanol–water partition coefficient (Wildman–Crippen LogP) is 0.641. The molecule has 22 heavy (non-hydrogen) atoms. The van der Waals surface area contributed by atoms with E-state index in [0.717, 1.165) is 10.5 Å². The summed E-state index contributed by atoms with van der Waals surface area (Å²) in [5.74, 6) is -5.17. The Labute approximate surface area is 122 Å². The molecule has 2 aromatic heterocycles. The van der Waals surface area contributed by atoms with Crippen molar-refractivity contribution in [2.75, 3.05) is 0 Å². The quantitative estimate of drug-likeness (QED) is 0.738. The van der Waals surface area contributed by atoms with Crippen molar-refractivity contribution in [1.29, 1.82) is 0 Å². The van der Waals surface area contributed by atoms with Gasteiger partial charge >= 0.3 is 17.9 Å². The van der Waals surface area contributed by atoms with E-state index in [1.54, 1.807) is 0 Å². The molecule has 0 radical (unpaired) electrons. The lowest BCUT2D eigenvalue weighted by atomic mass is 9.96. The van der Waals surface area contributed by atoms with Gasteiger partial charge in [-0.15, -0.1) is 0 Å². The third kappa shape index (κ3) is 2.80. The number of aromatic nitrogens is 1. The number of aliphatic carboxylic acids is 2. The molecule has 8 nitrogen and oxygen atoms in total. The van der Waals surface area contributed by atoms with Crippen molar-refractivity contribution in [1.82, 2.24) is 4.40 Å². The standard InChI is InChI=1S/C14H11NO7/c16-11(17)6-10(14(21)22)7-3-4-15-8(5-7)1-2-9(12(15)18)13(19)20/h1-5,10H,6H2,(H,16,17)(H,19,20)(H,21,22). The summed E-state index contributed by atoms with van der Waals surface area (Å²) in [5, 5.41) is 26.8. The molecule has 0 aromatic carbocycles. The molecule has 0 aliphatic heterocycles. The fraction of sp³-hybridized carbons (Fsp3) is 0.143. The van der Waals surface area contributed by atoms with Gasteiger partial charge in [-0.05, 0) is 29.8 Å². The molecule has 1 atom stereocenters. The van der Waals surface area contributed by atoms with Crippen molar-refractivity contribution in [3.8, 4) is 0 Å². The van der Waals surface area contributed by atoms with Crippen LogP contribution in [0.15, 0.2) is 35.3 Å². The third-order valence-electron chi connectivity index (χ3n) is 3.19. The number of pyridine rings is 2. The number of aromatic carboxylic acids is 1. The van der Waals surface area contributed by atoms with Crippen molar-refractivity contribution >= 4 is 23.4 Å². The van der Waals surface area contributed by atoms with Gasteiger partial charge in [0.25, 0.3) is 5.56 Å². The van der Waals surface area contributed by atoms with Crippen LogP contribution in [0.3, 0.4) is 0 Å². The maximum absolute atomic E-state index is 11.9. The molecule has 0 amide bonds. The van der Waals surface area contributed by atoms with Gasteiger partial charge in [0.1, 0.15) is 5.56 Å². The first-order valence-corrected chi connectivity index (χ1v) is 6.14. The molecular weight excluding hydrogens is 294 g/mol. The van der Waals surface area contributed by atoms with Gasteiger partial charge in [0.15, 0.2) is 0 Å². The molecule has 0 saturated carbocycles. The van der Waals surface area contributed by atoms with E-state index < -0.39 is 41.4 Å². The highest BCUT2D eigenvalue weighted by Gasteiger charge is 2.23. The van der Waals surface area contributed by atoms with Gasteiger partial charge in [0.05, 0.1) is 12.3 Å². The maximum atomic E-state index is 11.9. The van der Waals surface area contributed by atoms with E-state index >= 15 is 0 Å². The van der Waals surface area contributed by atoms with E-state index in [2.05, 4.69) is 0 Å². The van der Waals surface area contributed by atoms with E-state index in [1.807, 2.05) is 0 Å². The SMILES string of the molecule is O=C(O)CC(C(=O)O)c1ccn2c(=O)c(C(=O)O)ccc2c1. The second-order valence-electron chi connectivity index (χ2n) is 4.60. The smallest absolute Gasteiger partial charge is 0.341 e. The molecule has 8 heteroatoms. The molecule has 0 aliphatic carbocycles. The van der Waals surface area contributed by atoms with Gasteiger partial charge in [0, 0.05) is 11.7 Å². The van der Waals surface area contributed by atoms with E-state index in [-0.39, 0.29) is 11.1 Å². The molecule has 2 rings (SSSR count). The molecule has 114 valence electrons. The summed E-state index contributed by atoms with van der Waals surface area (Å²) in [7, 11) is 0. The number of carboxylic acids is 3. The van der Waals surface area contributed by atoms with Crippen LogP contribution in [-0.2, 0) is 9.59 Å². The van der Waals surface area contributed by atoms with Crippen LogP contribution >= 0.6 is 0 Å². The zero-order valence-electron chi connectivity index (χ0n) is 11.1. The van der Waals surface area contributed by atoms with Crippen molar-refractivity contribution in [2.24, 2.45) is 0 Å². The monoisotopic (exact) mass is 305 g/mol. The van der Waals surface area contributed by atoms with Crippen LogP contribution in [-0.4, -0.2) is 37.6 Å². The van der Waals surface area contributed by atoms with Gasteiger partial charge in [-0.2, -0.15) is 0 Å². The molecule has 0 fully saturated rings. The van der Waals surface area contributed by atoms with Crippen molar-refractivity contribution in [3.05, 3.63) is 51.9 Å². The minimum atomic E-state index is -1.36. The summed E-state index contributed by atoms with van der Waals surface area (Å²) in [6.45, 7) is 0. The first kappa shape index (κ1) is 15.2. The second kappa shape index (κ2) is 5.68. The summed E-state index contributed by atoms with van der Waals surface area (Å²) in [6.07, 6.45) is 0.639. The van der Waals surface area contributed by atoms with Gasteiger partial charge < -0.3 is 15.3 Å². The number of hydrogen-bond donors (Lipinski definition) is 3. The fourth-order valence-corrected chi connectivity index (χ4v) is 2.12. The van der Waals surface area contributed by atoms with Crippen LogP contribution in [0.25, 0.3) is 5.52 Å². The topological polar surface area (TPSA) is 133 Å². The largest absolute Gasteiger partial charge is 0.481 e. The Hall–Kier alpha value is -3.16. The first-order chi connectivity index (χ1) is 10.3. The van der Waals surface area contributed by atoms with Crippen LogP contribution in [0.2, 0.25) is 0 Å². The van der Waals surface area contributed by atoms with Crippen LogP contribution in [0.4, 0.5) is 0 Å². The number of rotatable bonds is 5. The molecule has 1 unspecified atom stereocenters. The maximum Gasteiger partial charge on any atom is 0.341 e. The third-order valence-corrected chi connectivity index (χ3v) is 3.19. The molecule has 0 spiro atoms. The Kier molecular flexibility index (Phi) is 3.93. The average molecular weight is 305 g/mol. The Bertz CT molecular complexity index is 837. The van der Waals surface area contributed by atoms with Crippen LogP contribution in [0, 0.1) is 0 Å². The normalized spacial score (nSPS) is 12.0. The summed E-state index contributed by atoms with van der Waals surface area (Å²) < 4.78 is 1.06. The lowest BCUT2D eigenvalue weighted by Gasteiger charge is -2.12. The van der Waals surface area contributed by atoms with Crippen molar-refractivity contribution < 1.29 is 29.7 Å². The molecule has 3 N–H and O–H groups in total. The zero-order valence-corrected chi connectivity index (χ0v) is 11.1. The van der Waals surface area contributed by atoms with Gasteiger partial charge in [-0.3, -0.25) is 18.8 Å². The lowest BCUT2D eigenvalue weighted by molar-refractivity contribution is -0.145. The Morgan fingerprint density at radius 1 is 1.09 bits per heavy atom.